The van der Waals surface area contributed by atoms with Crippen molar-refractivity contribution in [2.24, 2.45) is 0 Å². The molecule has 2 N–H and O–H groups in total. The zero-order valence-corrected chi connectivity index (χ0v) is 11.0. The Hall–Kier alpha value is -1.56. The lowest BCUT2D eigenvalue weighted by molar-refractivity contribution is 0.102. The van der Waals surface area contributed by atoms with E-state index in [1.165, 1.54) is 12.1 Å². The third-order valence-electron chi connectivity index (χ3n) is 2.21. The second kappa shape index (κ2) is 5.18. The van der Waals surface area contributed by atoms with Gasteiger partial charge in [-0.2, -0.15) is 0 Å². The largest absolute Gasteiger partial charge is 0.508 e. The lowest BCUT2D eigenvalue weighted by Crippen LogP contribution is -2.11. The van der Waals surface area contributed by atoms with Gasteiger partial charge in [-0.25, -0.2) is 0 Å². The number of phenolic OH excluding ortho intramolecular Hbond substituents is 1. The number of carbonyl (C=O) groups excluding carboxylic acids is 1. The van der Waals surface area contributed by atoms with Crippen LogP contribution in [-0.2, 0) is 0 Å². The summed E-state index contributed by atoms with van der Waals surface area (Å²) < 4.78 is 1.01. The summed E-state index contributed by atoms with van der Waals surface area (Å²) in [7, 11) is 0. The van der Waals surface area contributed by atoms with Crippen molar-refractivity contribution in [1.29, 1.82) is 0 Å². The number of amides is 1. The third-order valence-corrected chi connectivity index (χ3v) is 2.88. The van der Waals surface area contributed by atoms with Gasteiger partial charge in [0.1, 0.15) is 5.75 Å². The Morgan fingerprint density at radius 1 is 1.12 bits per heavy atom. The van der Waals surface area contributed by atoms with E-state index in [0.717, 1.165) is 3.57 Å². The first-order chi connectivity index (χ1) is 8.15. The number of nitrogens with one attached hydrogen (secondary N) is 1. The molecule has 0 fully saturated rings. The van der Waals surface area contributed by atoms with E-state index in [0.29, 0.717) is 11.3 Å². The van der Waals surface area contributed by atoms with Crippen molar-refractivity contribution in [3.8, 4) is 5.75 Å². The molecule has 0 aliphatic rings. The van der Waals surface area contributed by atoms with Crippen molar-refractivity contribution in [3.05, 3.63) is 57.7 Å². The van der Waals surface area contributed by atoms with Crippen molar-refractivity contribution in [1.82, 2.24) is 0 Å². The summed E-state index contributed by atoms with van der Waals surface area (Å²) in [4.78, 5) is 11.9. The molecule has 0 aliphatic heterocycles. The molecule has 2 rings (SSSR count). The van der Waals surface area contributed by atoms with Crippen LogP contribution in [0.2, 0.25) is 0 Å². The number of carbonyl (C=O) groups is 1. The van der Waals surface area contributed by atoms with Crippen LogP contribution >= 0.6 is 22.6 Å². The van der Waals surface area contributed by atoms with Gasteiger partial charge in [-0.15, -0.1) is 0 Å². The Balaban J connectivity index is 2.14. The number of aromatic hydroxyl groups is 1. The molecule has 0 saturated carbocycles. The van der Waals surface area contributed by atoms with Gasteiger partial charge in [0.15, 0.2) is 0 Å². The maximum Gasteiger partial charge on any atom is 0.255 e. The summed E-state index contributed by atoms with van der Waals surface area (Å²) in [5.41, 5.74) is 1.27. The fraction of sp³-hybridized carbons (Fsp3) is 0. The van der Waals surface area contributed by atoms with Gasteiger partial charge in [-0.05, 0) is 65.1 Å². The molecule has 4 heteroatoms. The molecule has 0 atom stereocenters. The molecular weight excluding hydrogens is 329 g/mol. The summed E-state index contributed by atoms with van der Waals surface area (Å²) in [6, 6.07) is 13.7. The highest BCUT2D eigenvalue weighted by molar-refractivity contribution is 14.1. The Morgan fingerprint density at radius 2 is 1.82 bits per heavy atom. The molecule has 0 radical (unpaired) electrons. The fourth-order valence-electron chi connectivity index (χ4n) is 1.38. The highest BCUT2D eigenvalue weighted by atomic mass is 127. The summed E-state index contributed by atoms with van der Waals surface area (Å²) in [6.07, 6.45) is 0. The Morgan fingerprint density at radius 3 is 2.47 bits per heavy atom. The zero-order valence-electron chi connectivity index (χ0n) is 8.85. The van der Waals surface area contributed by atoms with Crippen LogP contribution in [0.25, 0.3) is 0 Å². The second-order valence-corrected chi connectivity index (χ2v) is 4.76. The molecular formula is C13H10INO2. The highest BCUT2D eigenvalue weighted by Gasteiger charge is 2.05. The van der Waals surface area contributed by atoms with E-state index in [1.54, 1.807) is 18.2 Å². The first-order valence-corrected chi connectivity index (χ1v) is 6.09. The predicted molar refractivity (Wildman–Crippen MR) is 75.2 cm³/mol. The quantitative estimate of drug-likeness (QED) is 0.652. The summed E-state index contributed by atoms with van der Waals surface area (Å²) >= 11 is 2.16. The van der Waals surface area contributed by atoms with Crippen LogP contribution in [0, 0.1) is 3.57 Å². The van der Waals surface area contributed by atoms with E-state index in [4.69, 9.17) is 5.11 Å². The minimum absolute atomic E-state index is 0.158. The minimum Gasteiger partial charge on any atom is -0.508 e. The monoisotopic (exact) mass is 339 g/mol. The highest BCUT2D eigenvalue weighted by Crippen LogP contribution is 2.15. The minimum atomic E-state index is -0.158. The number of anilines is 1. The average molecular weight is 339 g/mol. The zero-order chi connectivity index (χ0) is 12.3. The van der Waals surface area contributed by atoms with Gasteiger partial charge < -0.3 is 10.4 Å². The first-order valence-electron chi connectivity index (χ1n) is 5.01. The third kappa shape index (κ3) is 3.20. The lowest BCUT2D eigenvalue weighted by atomic mass is 10.2. The van der Waals surface area contributed by atoms with E-state index in [9.17, 15) is 4.79 Å². The molecule has 1 amide bonds. The van der Waals surface area contributed by atoms with E-state index in [2.05, 4.69) is 27.9 Å². The van der Waals surface area contributed by atoms with Gasteiger partial charge in [0.25, 0.3) is 5.91 Å². The van der Waals surface area contributed by atoms with Gasteiger partial charge in [-0.1, -0.05) is 6.07 Å². The molecule has 17 heavy (non-hydrogen) atoms. The van der Waals surface area contributed by atoms with E-state index < -0.39 is 0 Å². The SMILES string of the molecule is O=C(Nc1ccc(O)cc1)c1cccc(I)c1. The molecule has 0 spiro atoms. The van der Waals surface area contributed by atoms with E-state index in [-0.39, 0.29) is 11.7 Å². The maximum atomic E-state index is 11.9. The van der Waals surface area contributed by atoms with Gasteiger partial charge >= 0.3 is 0 Å². The number of halogens is 1. The van der Waals surface area contributed by atoms with E-state index in [1.807, 2.05) is 18.2 Å². The topological polar surface area (TPSA) is 49.3 Å². The van der Waals surface area contributed by atoms with Crippen LogP contribution in [0.3, 0.4) is 0 Å². The molecule has 86 valence electrons. The van der Waals surface area contributed by atoms with Crippen LogP contribution in [0.15, 0.2) is 48.5 Å². The van der Waals surface area contributed by atoms with Crippen molar-refractivity contribution in [3.63, 3.8) is 0 Å². The van der Waals surface area contributed by atoms with Crippen molar-refractivity contribution in [2.75, 3.05) is 5.32 Å². The summed E-state index contributed by atoms with van der Waals surface area (Å²) in [5.74, 6) is 0.0199. The molecule has 2 aromatic rings. The number of phenols is 1. The molecule has 0 bridgehead atoms. The number of rotatable bonds is 2. The van der Waals surface area contributed by atoms with Crippen molar-refractivity contribution < 1.29 is 9.90 Å². The summed E-state index contributed by atoms with van der Waals surface area (Å²) in [5, 5.41) is 11.9. The van der Waals surface area contributed by atoms with Crippen LogP contribution in [0.1, 0.15) is 10.4 Å². The summed E-state index contributed by atoms with van der Waals surface area (Å²) in [6.45, 7) is 0. The van der Waals surface area contributed by atoms with Crippen LogP contribution in [-0.4, -0.2) is 11.0 Å². The average Bonchev–Trinajstić information content (AvgIpc) is 2.32. The van der Waals surface area contributed by atoms with Crippen LogP contribution in [0.5, 0.6) is 5.75 Å². The fourth-order valence-corrected chi connectivity index (χ4v) is 1.92. The Kier molecular flexibility index (Phi) is 3.63. The molecule has 0 aromatic heterocycles. The number of benzene rings is 2. The van der Waals surface area contributed by atoms with Crippen LogP contribution in [0.4, 0.5) is 5.69 Å². The molecule has 2 aromatic carbocycles. The molecule has 0 saturated heterocycles. The first kappa shape index (κ1) is 11.9. The van der Waals surface area contributed by atoms with Gasteiger partial charge in [-0.3, -0.25) is 4.79 Å². The number of hydrogen-bond acceptors (Lipinski definition) is 2. The normalized spacial score (nSPS) is 9.94. The van der Waals surface area contributed by atoms with Crippen LogP contribution < -0.4 is 5.32 Å². The smallest absolute Gasteiger partial charge is 0.255 e. The van der Waals surface area contributed by atoms with Gasteiger partial charge in [0, 0.05) is 14.8 Å². The number of hydrogen-bond donors (Lipinski definition) is 2. The van der Waals surface area contributed by atoms with E-state index >= 15 is 0 Å². The second-order valence-electron chi connectivity index (χ2n) is 3.51. The maximum absolute atomic E-state index is 11.9. The predicted octanol–water partition coefficient (Wildman–Crippen LogP) is 3.25. The Bertz CT molecular complexity index is 537. The molecule has 3 nitrogen and oxygen atoms in total. The Labute approximate surface area is 113 Å². The van der Waals surface area contributed by atoms with Gasteiger partial charge in [0.05, 0.1) is 0 Å². The molecule has 0 unspecified atom stereocenters. The lowest BCUT2D eigenvalue weighted by Gasteiger charge is -2.05. The van der Waals surface area contributed by atoms with Crippen molar-refractivity contribution >= 4 is 34.2 Å². The molecule has 0 aliphatic carbocycles. The van der Waals surface area contributed by atoms with Gasteiger partial charge in [0.2, 0.25) is 0 Å². The molecule has 0 heterocycles. The standard InChI is InChI=1S/C13H10INO2/c14-10-3-1-2-9(8-10)13(17)15-11-4-6-12(16)7-5-11/h1-8,16H,(H,15,17). The van der Waals surface area contributed by atoms with Crippen molar-refractivity contribution in [2.45, 2.75) is 0 Å².